The minimum absolute atomic E-state index is 0.0174. The number of nitrogens with two attached hydrogens (primary N) is 2. The van der Waals surface area contributed by atoms with Crippen molar-refractivity contribution in [2.45, 2.75) is 130 Å². The summed E-state index contributed by atoms with van der Waals surface area (Å²) in [6.07, 6.45) is -15.5. The molecule has 10 N–H and O–H groups in total. The number of carbonyl (C=O) groups is 3. The number of carbonyl (C=O) groups excluding carboxylic acids is 3. The van der Waals surface area contributed by atoms with E-state index in [9.17, 15) is 34.8 Å². The summed E-state index contributed by atoms with van der Waals surface area (Å²) in [7, 11) is 1.45. The maximum atomic E-state index is 13.2. The number of nitrogens with zero attached hydrogens (tertiary/aromatic N) is 1. The second-order valence-electron chi connectivity index (χ2n) is 15.1. The molecule has 20 nitrogen and oxygen atoms in total. The molecule has 16 atom stereocenters. The van der Waals surface area contributed by atoms with E-state index in [4.69, 9.17) is 49.4 Å². The van der Waals surface area contributed by atoms with Gasteiger partial charge in [0.25, 0.3) is 0 Å². The van der Waals surface area contributed by atoms with E-state index >= 15 is 0 Å². The molecule has 7 unspecified atom stereocenters. The van der Waals surface area contributed by atoms with Gasteiger partial charge >= 0.3 is 18.3 Å². The van der Waals surface area contributed by atoms with Crippen molar-refractivity contribution >= 4 is 18.3 Å². The molecule has 0 aromatic heterocycles. The van der Waals surface area contributed by atoms with Gasteiger partial charge in [0.2, 0.25) is 0 Å². The first-order chi connectivity index (χ1) is 27.9. The zero-order chi connectivity index (χ0) is 41.1. The quantitative estimate of drug-likeness (QED) is 0.125. The fourth-order valence-corrected chi connectivity index (χ4v) is 8.03. The number of aliphatic hydroxyl groups is 4. The standard InChI is InChI=1S/C38H51N5O15/c1-43-27-32(57-38(43)50)31-24(53-34(27)58-35-29(47)28(46)26(40)25(15-44)54-35)14-22(42-37(49)52-17-19-10-6-3-7-11-19)33(56-31)55-30-21(39)12-20(13-23(30)45)41-36(48)51-16-18-8-4-2-5-9-18/h2-11,20-35,44-47H,12-17,39-40H2,1H3,(H,41,48)(H,42,49)/t20-,21?,22+,23-,24+,25?,26-,27?,28+,29?,30-,31?,32?,33+,34?,35-/m1/s1. The summed E-state index contributed by atoms with van der Waals surface area (Å²) in [5.41, 5.74) is 14.0. The summed E-state index contributed by atoms with van der Waals surface area (Å²) in [5, 5.41) is 48.0. The maximum Gasteiger partial charge on any atom is 0.410 e. The third-order valence-electron chi connectivity index (χ3n) is 11.1. The lowest BCUT2D eigenvalue weighted by molar-refractivity contribution is -0.371. The van der Waals surface area contributed by atoms with Crippen LogP contribution in [-0.2, 0) is 51.1 Å². The van der Waals surface area contributed by atoms with Gasteiger partial charge in [-0.05, 0) is 24.0 Å². The van der Waals surface area contributed by atoms with Gasteiger partial charge in [-0.25, -0.2) is 14.4 Å². The van der Waals surface area contributed by atoms with Crippen molar-refractivity contribution in [1.29, 1.82) is 0 Å². The second-order valence-corrected chi connectivity index (χ2v) is 15.1. The van der Waals surface area contributed by atoms with Gasteiger partial charge in [0.15, 0.2) is 25.0 Å². The Morgan fingerprint density at radius 1 is 0.793 bits per heavy atom. The fourth-order valence-electron chi connectivity index (χ4n) is 8.03. The Labute approximate surface area is 333 Å². The van der Waals surface area contributed by atoms with E-state index in [1.807, 2.05) is 36.4 Å². The van der Waals surface area contributed by atoms with E-state index in [1.165, 1.54) is 11.9 Å². The molecule has 58 heavy (non-hydrogen) atoms. The predicted molar refractivity (Wildman–Crippen MR) is 196 cm³/mol. The smallest absolute Gasteiger partial charge is 0.410 e. The number of hydrogen-bond acceptors (Lipinski definition) is 17. The number of hydrogen-bond donors (Lipinski definition) is 8. The first-order valence-corrected chi connectivity index (χ1v) is 19.2. The molecular weight excluding hydrogens is 766 g/mol. The Balaban J connectivity index is 1.06. The van der Waals surface area contributed by atoms with Gasteiger partial charge in [0.1, 0.15) is 49.8 Å². The van der Waals surface area contributed by atoms with Gasteiger partial charge in [-0.15, -0.1) is 0 Å². The van der Waals surface area contributed by atoms with Gasteiger partial charge in [-0.3, -0.25) is 4.90 Å². The van der Waals surface area contributed by atoms with Crippen LogP contribution in [0.1, 0.15) is 30.4 Å². The number of benzene rings is 2. The maximum absolute atomic E-state index is 13.2. The van der Waals surface area contributed by atoms with E-state index in [0.717, 1.165) is 11.1 Å². The molecule has 4 aliphatic heterocycles. The molecule has 3 amide bonds. The Kier molecular flexibility index (Phi) is 13.3. The number of alkyl carbamates (subject to hydrolysis) is 2. The molecular formula is C38H51N5O15. The highest BCUT2D eigenvalue weighted by atomic mass is 16.8. The van der Waals surface area contributed by atoms with Crippen molar-refractivity contribution in [3.63, 3.8) is 0 Å². The van der Waals surface area contributed by atoms with Crippen LogP contribution in [0.4, 0.5) is 14.4 Å². The number of amides is 3. The lowest BCUT2D eigenvalue weighted by atomic mass is 9.86. The highest BCUT2D eigenvalue weighted by molar-refractivity contribution is 5.71. The first kappa shape index (κ1) is 42.0. The Hall–Kier alpha value is -4.19. The average molecular weight is 818 g/mol. The molecule has 0 bridgehead atoms. The summed E-state index contributed by atoms with van der Waals surface area (Å²) in [6.45, 7) is -0.557. The molecule has 5 fully saturated rings. The molecule has 4 heterocycles. The molecule has 0 radical (unpaired) electrons. The third kappa shape index (κ3) is 9.32. The third-order valence-corrected chi connectivity index (χ3v) is 11.1. The number of rotatable bonds is 11. The largest absolute Gasteiger partial charge is 0.445 e. The van der Waals surface area contributed by atoms with E-state index in [0.29, 0.717) is 0 Å². The first-order valence-electron chi connectivity index (χ1n) is 19.2. The lowest BCUT2D eigenvalue weighted by Gasteiger charge is -2.51. The van der Waals surface area contributed by atoms with Crippen molar-refractivity contribution in [1.82, 2.24) is 15.5 Å². The Morgan fingerprint density at radius 3 is 2.05 bits per heavy atom. The van der Waals surface area contributed by atoms with Crippen molar-refractivity contribution in [3.05, 3.63) is 71.8 Å². The molecule has 1 saturated carbocycles. The van der Waals surface area contributed by atoms with Crippen LogP contribution in [-0.4, -0.2) is 155 Å². The summed E-state index contributed by atoms with van der Waals surface area (Å²) in [6, 6.07) is 13.8. The number of ether oxygens (including phenoxy) is 8. The van der Waals surface area contributed by atoms with E-state index in [2.05, 4.69) is 10.6 Å². The summed E-state index contributed by atoms with van der Waals surface area (Å²) in [5.74, 6) is 0. The van der Waals surface area contributed by atoms with Crippen molar-refractivity contribution in [2.75, 3.05) is 13.7 Å². The molecule has 2 aromatic carbocycles. The molecule has 0 spiro atoms. The normalized spacial score (nSPS) is 38.5. The van der Waals surface area contributed by atoms with Crippen LogP contribution < -0.4 is 22.1 Å². The van der Waals surface area contributed by atoms with Crippen LogP contribution in [0.25, 0.3) is 0 Å². The number of likely N-dealkylation sites (N-methyl/N-ethyl adjacent to an activating group) is 1. The monoisotopic (exact) mass is 817 g/mol. The lowest BCUT2D eigenvalue weighted by Crippen LogP contribution is -2.69. The minimum Gasteiger partial charge on any atom is -0.445 e. The Bertz CT molecular complexity index is 1690. The highest BCUT2D eigenvalue weighted by Gasteiger charge is 2.61. The van der Waals surface area contributed by atoms with Crippen molar-refractivity contribution in [3.8, 4) is 0 Å². The fraction of sp³-hybridized carbons (Fsp3) is 0.605. The molecule has 20 heteroatoms. The Morgan fingerprint density at radius 2 is 1.43 bits per heavy atom. The van der Waals surface area contributed by atoms with E-state index in [-0.39, 0.29) is 32.5 Å². The molecule has 4 saturated heterocycles. The zero-order valence-corrected chi connectivity index (χ0v) is 31.6. The van der Waals surface area contributed by atoms with Gasteiger partial charge in [0.05, 0.1) is 30.9 Å². The van der Waals surface area contributed by atoms with Crippen molar-refractivity contribution < 1.29 is 72.7 Å². The van der Waals surface area contributed by atoms with Gasteiger partial charge in [0, 0.05) is 25.6 Å². The topological polar surface area (TPSA) is 285 Å². The number of nitrogens with one attached hydrogen (secondary N) is 2. The van der Waals surface area contributed by atoms with Crippen LogP contribution in [0.5, 0.6) is 0 Å². The van der Waals surface area contributed by atoms with Crippen LogP contribution >= 0.6 is 0 Å². The van der Waals surface area contributed by atoms with E-state index < -0.39 is 123 Å². The van der Waals surface area contributed by atoms with Crippen LogP contribution in [0, 0.1) is 0 Å². The molecule has 1 aliphatic carbocycles. The number of fused-ring (bicyclic) bond motifs is 3. The average Bonchev–Trinajstić information content (AvgIpc) is 3.52. The molecule has 2 aromatic rings. The molecule has 7 rings (SSSR count). The summed E-state index contributed by atoms with van der Waals surface area (Å²) in [4.78, 5) is 40.1. The zero-order valence-electron chi connectivity index (χ0n) is 31.6. The van der Waals surface area contributed by atoms with Gasteiger partial charge in [-0.2, -0.15) is 0 Å². The van der Waals surface area contributed by atoms with Gasteiger partial charge in [-0.1, -0.05) is 60.7 Å². The van der Waals surface area contributed by atoms with Crippen LogP contribution in [0.2, 0.25) is 0 Å². The summed E-state index contributed by atoms with van der Waals surface area (Å²) < 4.78 is 47.5. The molecule has 5 aliphatic rings. The van der Waals surface area contributed by atoms with Crippen LogP contribution in [0.3, 0.4) is 0 Å². The highest BCUT2D eigenvalue weighted by Crippen LogP contribution is 2.41. The number of aliphatic hydroxyl groups excluding tert-OH is 4. The SMILES string of the molecule is CN1C(=O)OC2C3O[C@H](O[C@@H]4C(N)C[C@@H](NC(=O)OCc5ccccc5)C[C@H]4O)[C@@H](NC(=O)OCc4ccccc4)C[C@@H]3OC(O[C@H]3OC(CO)[C@@H](N)[C@H](O)C3O)C21. The summed E-state index contributed by atoms with van der Waals surface area (Å²) >= 11 is 0. The molecule has 318 valence electrons. The second kappa shape index (κ2) is 18.4. The van der Waals surface area contributed by atoms with Crippen molar-refractivity contribution in [2.24, 2.45) is 11.5 Å². The van der Waals surface area contributed by atoms with E-state index in [1.54, 1.807) is 24.3 Å². The van der Waals surface area contributed by atoms with Gasteiger partial charge < -0.3 is 80.4 Å². The minimum atomic E-state index is -1.64. The predicted octanol–water partition coefficient (Wildman–Crippen LogP) is -1.11. The van der Waals surface area contributed by atoms with Crippen LogP contribution in [0.15, 0.2) is 60.7 Å².